The molecule has 1 N–H and O–H groups in total. The molecule has 1 aliphatic heterocycles. The Kier molecular flexibility index (Phi) is 2.78. The molecular weight excluding hydrogens is 198 g/mol. The topological polar surface area (TPSA) is 54.4 Å². The first-order valence-corrected chi connectivity index (χ1v) is 5.24. The van der Waals surface area contributed by atoms with Crippen molar-refractivity contribution in [2.24, 2.45) is 4.99 Å². The highest BCUT2D eigenvalue weighted by molar-refractivity contribution is 8.14. The minimum Gasteiger partial charge on any atom is -0.300 e. The highest BCUT2D eigenvalue weighted by Gasteiger charge is 2.12. The highest BCUT2D eigenvalue weighted by atomic mass is 32.2. The third kappa shape index (κ3) is 2.11. The van der Waals surface area contributed by atoms with Gasteiger partial charge in [-0.3, -0.25) is 20.1 Å². The first-order chi connectivity index (χ1) is 6.86. The Morgan fingerprint density at radius 3 is 3.07 bits per heavy atom. The van der Waals surface area contributed by atoms with Crippen molar-refractivity contribution in [1.82, 2.24) is 10.3 Å². The standard InChI is InChI=1S/C9H9N3OS/c13-8(7-3-1-2-4-10-7)12-9-11-5-6-14-9/h1-4H,5-6H2,(H,11,12,13). The summed E-state index contributed by atoms with van der Waals surface area (Å²) in [6.07, 6.45) is 1.60. The van der Waals surface area contributed by atoms with Gasteiger partial charge < -0.3 is 0 Å². The lowest BCUT2D eigenvalue weighted by Crippen LogP contribution is -2.27. The SMILES string of the molecule is O=C(NC1=NCCS1)c1ccccn1. The Morgan fingerprint density at radius 2 is 2.43 bits per heavy atom. The summed E-state index contributed by atoms with van der Waals surface area (Å²) < 4.78 is 0. The summed E-state index contributed by atoms with van der Waals surface area (Å²) >= 11 is 1.56. The zero-order chi connectivity index (χ0) is 9.80. The van der Waals surface area contributed by atoms with Gasteiger partial charge in [0.05, 0.1) is 6.54 Å². The highest BCUT2D eigenvalue weighted by Crippen LogP contribution is 2.09. The number of pyridine rings is 1. The van der Waals surface area contributed by atoms with Crippen LogP contribution >= 0.6 is 11.8 Å². The minimum absolute atomic E-state index is 0.196. The lowest BCUT2D eigenvalue weighted by atomic mass is 10.3. The number of aromatic nitrogens is 1. The quantitative estimate of drug-likeness (QED) is 0.744. The minimum atomic E-state index is -0.196. The van der Waals surface area contributed by atoms with E-state index in [9.17, 15) is 4.79 Å². The van der Waals surface area contributed by atoms with Gasteiger partial charge in [0, 0.05) is 11.9 Å². The molecule has 0 fully saturated rings. The zero-order valence-electron chi connectivity index (χ0n) is 7.43. The van der Waals surface area contributed by atoms with Crippen molar-refractivity contribution in [3.63, 3.8) is 0 Å². The third-order valence-electron chi connectivity index (χ3n) is 1.70. The summed E-state index contributed by atoms with van der Waals surface area (Å²) in [5.74, 6) is 0.747. The summed E-state index contributed by atoms with van der Waals surface area (Å²) in [5, 5.41) is 3.40. The molecule has 4 nitrogen and oxygen atoms in total. The number of amides is 1. The molecule has 0 radical (unpaired) electrons. The van der Waals surface area contributed by atoms with Crippen molar-refractivity contribution in [2.45, 2.75) is 0 Å². The average Bonchev–Trinajstić information content (AvgIpc) is 2.72. The van der Waals surface area contributed by atoms with Gasteiger partial charge in [0.25, 0.3) is 5.91 Å². The number of hydrogen-bond acceptors (Lipinski definition) is 4. The van der Waals surface area contributed by atoms with E-state index < -0.39 is 0 Å². The van der Waals surface area contributed by atoms with E-state index >= 15 is 0 Å². The van der Waals surface area contributed by atoms with E-state index in [4.69, 9.17) is 0 Å². The van der Waals surface area contributed by atoms with Crippen molar-refractivity contribution < 1.29 is 4.79 Å². The summed E-state index contributed by atoms with van der Waals surface area (Å²) in [4.78, 5) is 19.6. The summed E-state index contributed by atoms with van der Waals surface area (Å²) in [6, 6.07) is 5.24. The number of amidine groups is 1. The molecule has 5 heteroatoms. The second-order valence-corrected chi connectivity index (χ2v) is 3.79. The Bertz CT molecular complexity index is 364. The van der Waals surface area contributed by atoms with Crippen LogP contribution in [0.2, 0.25) is 0 Å². The molecule has 14 heavy (non-hydrogen) atoms. The molecule has 0 aromatic carbocycles. The molecule has 0 saturated heterocycles. The average molecular weight is 207 g/mol. The van der Waals surface area contributed by atoms with Gasteiger partial charge in [0.2, 0.25) is 0 Å². The molecule has 1 amide bonds. The van der Waals surface area contributed by atoms with Crippen molar-refractivity contribution >= 4 is 22.8 Å². The maximum Gasteiger partial charge on any atom is 0.275 e. The molecule has 1 aromatic heterocycles. The molecule has 72 valence electrons. The fraction of sp³-hybridized carbons (Fsp3) is 0.222. The van der Waals surface area contributed by atoms with E-state index in [1.165, 1.54) is 0 Å². The van der Waals surface area contributed by atoms with E-state index in [1.54, 1.807) is 36.2 Å². The van der Waals surface area contributed by atoms with Crippen LogP contribution in [-0.4, -0.2) is 28.4 Å². The van der Waals surface area contributed by atoms with Gasteiger partial charge in [-0.05, 0) is 12.1 Å². The largest absolute Gasteiger partial charge is 0.300 e. The second-order valence-electron chi connectivity index (χ2n) is 2.70. The Hall–Kier alpha value is -1.36. The van der Waals surface area contributed by atoms with Crippen LogP contribution in [0.3, 0.4) is 0 Å². The lowest BCUT2D eigenvalue weighted by molar-refractivity contribution is 0.0973. The summed E-state index contributed by atoms with van der Waals surface area (Å²) in [7, 11) is 0. The van der Waals surface area contributed by atoms with Crippen molar-refractivity contribution in [2.75, 3.05) is 12.3 Å². The number of rotatable bonds is 1. The molecule has 0 atom stereocenters. The third-order valence-corrected chi connectivity index (χ3v) is 2.59. The fourth-order valence-corrected chi connectivity index (χ4v) is 1.79. The van der Waals surface area contributed by atoms with Gasteiger partial charge in [0.15, 0.2) is 5.17 Å². The predicted molar refractivity (Wildman–Crippen MR) is 56.5 cm³/mol. The van der Waals surface area contributed by atoms with Gasteiger partial charge in [-0.2, -0.15) is 0 Å². The first kappa shape index (κ1) is 9.21. The summed E-state index contributed by atoms with van der Waals surface area (Å²) in [5.41, 5.74) is 0.419. The number of aliphatic imine (C=N–C) groups is 1. The van der Waals surface area contributed by atoms with Gasteiger partial charge >= 0.3 is 0 Å². The molecule has 1 aromatic rings. The van der Waals surface area contributed by atoms with Crippen molar-refractivity contribution in [1.29, 1.82) is 0 Å². The lowest BCUT2D eigenvalue weighted by Gasteiger charge is -2.01. The number of thioether (sulfide) groups is 1. The molecule has 0 bridgehead atoms. The second kappa shape index (κ2) is 4.23. The van der Waals surface area contributed by atoms with Crippen LogP contribution in [0.25, 0.3) is 0 Å². The number of carbonyl (C=O) groups excluding carboxylic acids is 1. The first-order valence-electron chi connectivity index (χ1n) is 4.26. The van der Waals surface area contributed by atoms with E-state index in [0.717, 1.165) is 12.3 Å². The van der Waals surface area contributed by atoms with Gasteiger partial charge in [-0.25, -0.2) is 0 Å². The molecule has 0 saturated carbocycles. The molecule has 0 unspecified atom stereocenters. The maximum absolute atomic E-state index is 11.5. The predicted octanol–water partition coefficient (Wildman–Crippen LogP) is 0.914. The Labute approximate surface area is 85.8 Å². The number of nitrogens with zero attached hydrogens (tertiary/aromatic N) is 2. The van der Waals surface area contributed by atoms with Crippen LogP contribution in [0.5, 0.6) is 0 Å². The number of nitrogens with one attached hydrogen (secondary N) is 1. The van der Waals surface area contributed by atoms with E-state index in [0.29, 0.717) is 10.9 Å². The monoisotopic (exact) mass is 207 g/mol. The molecule has 2 heterocycles. The zero-order valence-corrected chi connectivity index (χ0v) is 8.25. The fourth-order valence-electron chi connectivity index (χ4n) is 1.07. The molecular formula is C9H9N3OS. The molecule has 1 aliphatic rings. The molecule has 0 aliphatic carbocycles. The van der Waals surface area contributed by atoms with Crippen molar-refractivity contribution in [3.05, 3.63) is 30.1 Å². The number of hydrogen-bond donors (Lipinski definition) is 1. The van der Waals surface area contributed by atoms with Gasteiger partial charge in [-0.1, -0.05) is 17.8 Å². The van der Waals surface area contributed by atoms with Crippen LogP contribution in [0.1, 0.15) is 10.5 Å². The Morgan fingerprint density at radius 1 is 1.50 bits per heavy atom. The maximum atomic E-state index is 11.5. The Balaban J connectivity index is 2.03. The van der Waals surface area contributed by atoms with Gasteiger partial charge in [-0.15, -0.1) is 0 Å². The van der Waals surface area contributed by atoms with Crippen LogP contribution < -0.4 is 5.32 Å². The summed E-state index contributed by atoms with van der Waals surface area (Å²) in [6.45, 7) is 0.780. The smallest absolute Gasteiger partial charge is 0.275 e. The van der Waals surface area contributed by atoms with Gasteiger partial charge in [0.1, 0.15) is 5.69 Å². The van der Waals surface area contributed by atoms with Crippen LogP contribution in [0.15, 0.2) is 29.4 Å². The number of carbonyl (C=O) groups is 1. The van der Waals surface area contributed by atoms with E-state index in [1.807, 2.05) is 0 Å². The van der Waals surface area contributed by atoms with Crippen molar-refractivity contribution in [3.8, 4) is 0 Å². The van der Waals surface area contributed by atoms with E-state index in [-0.39, 0.29) is 5.91 Å². The molecule has 0 spiro atoms. The van der Waals surface area contributed by atoms with Crippen LogP contribution in [0, 0.1) is 0 Å². The van der Waals surface area contributed by atoms with Crippen LogP contribution in [0.4, 0.5) is 0 Å². The normalized spacial score (nSPS) is 15.0. The van der Waals surface area contributed by atoms with Crippen LogP contribution in [-0.2, 0) is 0 Å². The molecule has 2 rings (SSSR count). The van der Waals surface area contributed by atoms with E-state index in [2.05, 4.69) is 15.3 Å².